The lowest BCUT2D eigenvalue weighted by Gasteiger charge is -1.99. The molecule has 0 saturated heterocycles. The van der Waals surface area contributed by atoms with Crippen molar-refractivity contribution in [3.63, 3.8) is 0 Å². The van der Waals surface area contributed by atoms with Crippen molar-refractivity contribution in [1.29, 1.82) is 0 Å². The third-order valence-corrected chi connectivity index (χ3v) is 2.04. The zero-order chi connectivity index (χ0) is 10.6. The lowest BCUT2D eigenvalue weighted by atomic mass is 10.4. The second kappa shape index (κ2) is 4.85. The number of esters is 1. The van der Waals surface area contributed by atoms with Crippen LogP contribution in [0.1, 0.15) is 18.4 Å². The third kappa shape index (κ3) is 3.66. The van der Waals surface area contributed by atoms with Crippen molar-refractivity contribution < 1.29 is 18.2 Å². The molecule has 0 unspecified atom stereocenters. The molecule has 0 bridgehead atoms. The normalized spacial score (nSPS) is 10.4. The van der Waals surface area contributed by atoms with Crippen LogP contribution in [0.4, 0.5) is 0 Å². The number of rotatable bonds is 4. The summed E-state index contributed by atoms with van der Waals surface area (Å²) in [6, 6.07) is 3.38. The third-order valence-electron chi connectivity index (χ3n) is 1.44. The molecule has 0 fully saturated rings. The maximum Gasteiger partial charge on any atom is 0.303 e. The zero-order valence-corrected chi connectivity index (χ0v) is 8.63. The second-order valence-corrected chi connectivity index (χ2v) is 3.90. The van der Waals surface area contributed by atoms with Gasteiger partial charge >= 0.3 is 5.97 Å². The van der Waals surface area contributed by atoms with E-state index < -0.39 is 10.4 Å². The summed E-state index contributed by atoms with van der Waals surface area (Å²) in [6.45, 7) is 1.44. The molecule has 0 saturated carbocycles. The molecular weight excluding hydrogens is 204 g/mol. The van der Waals surface area contributed by atoms with Crippen molar-refractivity contribution >= 4 is 22.2 Å². The average molecular weight is 215 g/mol. The van der Waals surface area contributed by atoms with E-state index >= 15 is 0 Å². The van der Waals surface area contributed by atoms with E-state index in [-0.39, 0.29) is 18.3 Å². The average Bonchev–Trinajstić information content (AvgIpc) is 2.47. The standard InChI is InChI=1S/C9H11O4S/c1-7(10)12-5-8-3-4-9(13-8)6-14(2)11/h3-4H,2,5-6H2,1H3/q-1. The van der Waals surface area contributed by atoms with Crippen LogP contribution in [0.25, 0.3) is 0 Å². The van der Waals surface area contributed by atoms with Crippen molar-refractivity contribution in [2.45, 2.75) is 19.3 Å². The molecule has 4 nitrogen and oxygen atoms in total. The minimum absolute atomic E-state index is 0.110. The minimum atomic E-state index is -1.17. The Morgan fingerprint density at radius 3 is 2.79 bits per heavy atom. The van der Waals surface area contributed by atoms with Crippen LogP contribution in [0.15, 0.2) is 16.5 Å². The first kappa shape index (κ1) is 10.8. The number of carbonyl (C=O) groups excluding carboxylic acids is 1. The summed E-state index contributed by atoms with van der Waals surface area (Å²) >= 11 is 0. The first-order valence-corrected chi connectivity index (χ1v) is 5.46. The summed E-state index contributed by atoms with van der Waals surface area (Å²) < 4.78 is 20.7. The van der Waals surface area contributed by atoms with Crippen molar-refractivity contribution in [3.05, 3.63) is 23.7 Å². The Morgan fingerprint density at radius 2 is 2.21 bits per heavy atom. The van der Waals surface area contributed by atoms with Gasteiger partial charge < -0.3 is 13.4 Å². The molecule has 1 aromatic heterocycles. The summed E-state index contributed by atoms with van der Waals surface area (Å²) in [5.74, 6) is 4.39. The van der Waals surface area contributed by atoms with Gasteiger partial charge in [0.1, 0.15) is 12.4 Å². The molecule has 1 rings (SSSR count). The summed E-state index contributed by atoms with van der Waals surface area (Å²) in [5, 5.41) is 0. The lowest BCUT2D eigenvalue weighted by Crippen LogP contribution is -1.97. The number of hydrogen-bond acceptors (Lipinski definition) is 5. The lowest BCUT2D eigenvalue weighted by molar-refractivity contribution is -0.142. The van der Waals surface area contributed by atoms with E-state index in [4.69, 9.17) is 9.15 Å². The van der Waals surface area contributed by atoms with E-state index in [1.165, 1.54) is 6.92 Å². The van der Waals surface area contributed by atoms with Crippen molar-refractivity contribution in [1.82, 2.24) is 0 Å². The molecule has 5 heteroatoms. The van der Waals surface area contributed by atoms with Crippen molar-refractivity contribution in [2.75, 3.05) is 0 Å². The molecule has 0 N–H and O–H groups in total. The van der Waals surface area contributed by atoms with Gasteiger partial charge in [-0.05, 0) is 17.9 Å². The maximum atomic E-state index is 10.7. The molecule has 78 valence electrons. The molecule has 0 spiro atoms. The van der Waals surface area contributed by atoms with Gasteiger partial charge in [0.05, 0.1) is 5.76 Å². The molecule has 0 aliphatic carbocycles. The fourth-order valence-electron chi connectivity index (χ4n) is 0.909. The van der Waals surface area contributed by atoms with Crippen LogP contribution in [-0.2, 0) is 36.5 Å². The molecule has 0 amide bonds. The van der Waals surface area contributed by atoms with Gasteiger partial charge in [0.15, 0.2) is 0 Å². The van der Waals surface area contributed by atoms with Crippen molar-refractivity contribution in [2.24, 2.45) is 0 Å². The Balaban J connectivity index is 2.54. The molecule has 14 heavy (non-hydrogen) atoms. The summed E-state index contributed by atoms with van der Waals surface area (Å²) in [7, 11) is -1.17. The highest BCUT2D eigenvalue weighted by atomic mass is 32.2. The topological polar surface area (TPSA) is 56.5 Å². The van der Waals surface area contributed by atoms with Gasteiger partial charge in [-0.1, -0.05) is 0 Å². The molecule has 0 aliphatic heterocycles. The fourth-order valence-corrected chi connectivity index (χ4v) is 1.38. The van der Waals surface area contributed by atoms with Gasteiger partial charge in [-0.2, -0.15) is 5.87 Å². The van der Waals surface area contributed by atoms with Gasteiger partial charge in [-0.15, -0.1) is 0 Å². The highest BCUT2D eigenvalue weighted by molar-refractivity contribution is 7.81. The van der Waals surface area contributed by atoms with Crippen LogP contribution in [0.3, 0.4) is 0 Å². The first-order chi connectivity index (χ1) is 6.58. The van der Waals surface area contributed by atoms with Crippen molar-refractivity contribution in [3.8, 4) is 0 Å². The summed E-state index contributed by atoms with van der Waals surface area (Å²) in [4.78, 5) is 10.5. The molecule has 0 aliphatic rings. The number of hydrogen-bond donors (Lipinski definition) is 0. The molecule has 0 atom stereocenters. The van der Waals surface area contributed by atoms with Crippen LogP contribution in [-0.4, -0.2) is 11.8 Å². The summed E-state index contributed by atoms with van der Waals surface area (Å²) in [6.07, 6.45) is 0. The Kier molecular flexibility index (Phi) is 3.76. The number of carbonyl (C=O) groups is 1. The van der Waals surface area contributed by atoms with E-state index in [9.17, 15) is 9.00 Å². The van der Waals surface area contributed by atoms with Crippen LogP contribution in [0.2, 0.25) is 0 Å². The van der Waals surface area contributed by atoms with Gasteiger partial charge in [-0.3, -0.25) is 15.2 Å². The molecule has 0 radical (unpaired) electrons. The Bertz CT molecular complexity index is 381. The number of furan rings is 1. The molecule has 0 aromatic carbocycles. The quantitative estimate of drug-likeness (QED) is 0.431. The van der Waals surface area contributed by atoms with E-state index in [0.29, 0.717) is 11.5 Å². The maximum absolute atomic E-state index is 10.7. The van der Waals surface area contributed by atoms with Gasteiger partial charge in [0, 0.05) is 6.92 Å². The highest BCUT2D eigenvalue weighted by Gasteiger charge is 2.01. The fraction of sp³-hybridized carbons (Fsp3) is 0.333. The predicted molar refractivity (Wildman–Crippen MR) is 53.1 cm³/mol. The van der Waals surface area contributed by atoms with E-state index in [2.05, 4.69) is 5.87 Å². The van der Waals surface area contributed by atoms with Gasteiger partial charge in [0.2, 0.25) is 0 Å². The SMILES string of the molecule is C=[S-](=O)Cc1ccc(COC(C)=O)o1. The first-order valence-electron chi connectivity index (χ1n) is 3.97. The Hall–Kier alpha value is -1.23. The smallest absolute Gasteiger partial charge is 0.303 e. The van der Waals surface area contributed by atoms with Crippen LogP contribution in [0, 0.1) is 0 Å². The molecule has 1 aromatic rings. The molecule has 1 heterocycles. The van der Waals surface area contributed by atoms with Crippen LogP contribution < -0.4 is 0 Å². The highest BCUT2D eigenvalue weighted by Crippen LogP contribution is 2.09. The second-order valence-electron chi connectivity index (χ2n) is 2.73. The van der Waals surface area contributed by atoms with E-state index in [1.807, 2.05) is 0 Å². The predicted octanol–water partition coefficient (Wildman–Crippen LogP) is 1.24. The number of ether oxygens (including phenoxy) is 1. The monoisotopic (exact) mass is 215 g/mol. The van der Waals surface area contributed by atoms with E-state index in [0.717, 1.165) is 0 Å². The Morgan fingerprint density at radius 1 is 1.57 bits per heavy atom. The largest absolute Gasteiger partial charge is 0.464 e. The minimum Gasteiger partial charge on any atom is -0.464 e. The zero-order valence-electron chi connectivity index (χ0n) is 7.82. The van der Waals surface area contributed by atoms with Gasteiger partial charge in [0.25, 0.3) is 0 Å². The van der Waals surface area contributed by atoms with E-state index in [1.54, 1.807) is 12.1 Å². The van der Waals surface area contributed by atoms with Crippen LogP contribution in [0.5, 0.6) is 0 Å². The Labute approximate surface area is 83.9 Å². The molecular formula is C9H11O4S-. The van der Waals surface area contributed by atoms with Gasteiger partial charge in [-0.25, -0.2) is 0 Å². The summed E-state index contributed by atoms with van der Waals surface area (Å²) in [5.41, 5.74) is 0. The van der Waals surface area contributed by atoms with Crippen LogP contribution >= 0.6 is 0 Å².